The largest absolute Gasteiger partial charge is 0.366 e. The molecule has 1 amide bonds. The van der Waals surface area contributed by atoms with Crippen molar-refractivity contribution in [3.8, 4) is 0 Å². The van der Waals surface area contributed by atoms with E-state index >= 15 is 0 Å². The number of nitrogens with zero attached hydrogens (tertiary/aromatic N) is 2. The van der Waals surface area contributed by atoms with E-state index in [0.29, 0.717) is 37.3 Å². The normalized spacial score (nSPS) is 18.0. The first-order valence-electron chi connectivity index (χ1n) is 10.3. The summed E-state index contributed by atoms with van der Waals surface area (Å²) in [4.78, 5) is 40.9. The maximum atomic E-state index is 12.6. The Kier molecular flexibility index (Phi) is 5.20. The van der Waals surface area contributed by atoms with Crippen molar-refractivity contribution >= 4 is 23.0 Å². The molecule has 2 aromatic carbocycles. The van der Waals surface area contributed by atoms with Gasteiger partial charge in [-0.25, -0.2) is 0 Å². The van der Waals surface area contributed by atoms with Crippen LogP contribution < -0.4 is 26.0 Å². The Morgan fingerprint density at radius 1 is 0.929 bits per heavy atom. The molecule has 2 aliphatic heterocycles. The molecular weight excluding hydrogens is 354 g/mol. The topological polar surface area (TPSA) is 69.7 Å². The molecule has 0 spiro atoms. The lowest BCUT2D eigenvalue weighted by atomic mass is 9.94. The maximum Gasteiger partial charge on any atom is 0.253 e. The summed E-state index contributed by atoms with van der Waals surface area (Å²) in [6.45, 7) is 5.09. The van der Waals surface area contributed by atoms with E-state index in [0.717, 1.165) is 38.0 Å². The standard InChI is InChI=1S/C22H27N3O3/c1-2-15-5-7-17(8-6-15)23-22(28)16-9-13-25(14-10-16)19-18(20(26)21(19)27)24-11-3-4-12-24/h5-8,16H,2-4,9-14H2,1H3,(H,23,28). The molecule has 4 rings (SSSR count). The maximum absolute atomic E-state index is 12.6. The van der Waals surface area contributed by atoms with Gasteiger partial charge in [0.2, 0.25) is 5.91 Å². The third-order valence-corrected chi connectivity index (χ3v) is 6.09. The van der Waals surface area contributed by atoms with Crippen LogP contribution in [-0.4, -0.2) is 32.1 Å². The molecule has 28 heavy (non-hydrogen) atoms. The van der Waals surface area contributed by atoms with Gasteiger partial charge in [0.05, 0.1) is 0 Å². The Morgan fingerprint density at radius 3 is 2.00 bits per heavy atom. The molecule has 2 saturated heterocycles. The number of hydrogen-bond acceptors (Lipinski definition) is 5. The van der Waals surface area contributed by atoms with Crippen molar-refractivity contribution in [2.45, 2.75) is 39.0 Å². The average molecular weight is 381 g/mol. The number of piperidine rings is 1. The molecule has 0 bridgehead atoms. The molecule has 1 N–H and O–H groups in total. The zero-order valence-corrected chi connectivity index (χ0v) is 16.4. The van der Waals surface area contributed by atoms with Crippen molar-refractivity contribution in [3.05, 3.63) is 50.3 Å². The number of benzene rings is 1. The average Bonchev–Trinajstić information content (AvgIpc) is 3.25. The number of anilines is 3. The summed E-state index contributed by atoms with van der Waals surface area (Å²) in [6, 6.07) is 7.95. The number of carbonyl (C=O) groups is 1. The summed E-state index contributed by atoms with van der Waals surface area (Å²) in [5.41, 5.74) is 2.56. The highest BCUT2D eigenvalue weighted by atomic mass is 16.2. The highest BCUT2D eigenvalue weighted by Crippen LogP contribution is 2.31. The van der Waals surface area contributed by atoms with E-state index in [1.807, 2.05) is 29.2 Å². The van der Waals surface area contributed by atoms with Gasteiger partial charge in [-0.1, -0.05) is 19.1 Å². The van der Waals surface area contributed by atoms with Crippen LogP contribution in [0.3, 0.4) is 0 Å². The van der Waals surface area contributed by atoms with Crippen molar-refractivity contribution in [1.29, 1.82) is 0 Å². The van der Waals surface area contributed by atoms with E-state index < -0.39 is 0 Å². The molecule has 6 nitrogen and oxygen atoms in total. The van der Waals surface area contributed by atoms with Gasteiger partial charge < -0.3 is 15.1 Å². The summed E-state index contributed by atoms with van der Waals surface area (Å²) in [5.74, 6) is -0.0301. The predicted octanol–water partition coefficient (Wildman–Crippen LogP) is 2.30. The molecule has 2 aliphatic rings. The summed E-state index contributed by atoms with van der Waals surface area (Å²) in [5, 5.41) is 3.01. The van der Waals surface area contributed by atoms with Gasteiger partial charge in [-0.05, 0) is 49.8 Å². The van der Waals surface area contributed by atoms with Crippen LogP contribution in [0.25, 0.3) is 0 Å². The lowest BCUT2D eigenvalue weighted by Crippen LogP contribution is -2.48. The van der Waals surface area contributed by atoms with Crippen molar-refractivity contribution in [3.63, 3.8) is 0 Å². The van der Waals surface area contributed by atoms with Crippen LogP contribution in [0.2, 0.25) is 0 Å². The Balaban J connectivity index is 1.37. The Hall–Kier alpha value is -2.63. The lowest BCUT2D eigenvalue weighted by Gasteiger charge is -2.35. The van der Waals surface area contributed by atoms with Crippen LogP contribution in [0.5, 0.6) is 0 Å². The SMILES string of the molecule is CCc1ccc(NC(=O)C2CCN(c3c(N4CCCC4)c(=O)c3=O)CC2)cc1. The minimum atomic E-state index is -0.360. The second-order valence-electron chi connectivity index (χ2n) is 7.85. The van der Waals surface area contributed by atoms with E-state index in [-0.39, 0.29) is 22.7 Å². The number of rotatable bonds is 5. The zero-order valence-electron chi connectivity index (χ0n) is 16.4. The number of carbonyl (C=O) groups excluding carboxylic acids is 1. The fourth-order valence-corrected chi connectivity index (χ4v) is 4.33. The van der Waals surface area contributed by atoms with Crippen molar-refractivity contribution in [2.24, 2.45) is 5.92 Å². The molecule has 2 fully saturated rings. The van der Waals surface area contributed by atoms with E-state index in [4.69, 9.17) is 0 Å². The molecule has 2 aromatic rings. The fourth-order valence-electron chi connectivity index (χ4n) is 4.33. The summed E-state index contributed by atoms with van der Waals surface area (Å²) < 4.78 is 0. The van der Waals surface area contributed by atoms with Crippen LogP contribution in [0.4, 0.5) is 17.1 Å². The summed E-state index contributed by atoms with van der Waals surface area (Å²) in [6.07, 6.45) is 4.50. The minimum absolute atomic E-state index is 0.0358. The molecule has 0 saturated carbocycles. The molecule has 2 heterocycles. The van der Waals surface area contributed by atoms with E-state index in [2.05, 4.69) is 17.1 Å². The molecule has 0 aliphatic carbocycles. The minimum Gasteiger partial charge on any atom is -0.366 e. The van der Waals surface area contributed by atoms with Gasteiger partial charge in [0.1, 0.15) is 11.4 Å². The zero-order chi connectivity index (χ0) is 19.7. The second kappa shape index (κ2) is 7.78. The van der Waals surface area contributed by atoms with Gasteiger partial charge in [-0.3, -0.25) is 14.4 Å². The molecule has 0 aromatic heterocycles. The quantitative estimate of drug-likeness (QED) is 0.805. The van der Waals surface area contributed by atoms with Crippen molar-refractivity contribution in [1.82, 2.24) is 0 Å². The highest BCUT2D eigenvalue weighted by Gasteiger charge is 2.34. The van der Waals surface area contributed by atoms with Crippen LogP contribution >= 0.6 is 0 Å². The molecule has 6 heteroatoms. The van der Waals surface area contributed by atoms with Gasteiger partial charge in [-0.2, -0.15) is 0 Å². The van der Waals surface area contributed by atoms with Crippen molar-refractivity contribution in [2.75, 3.05) is 41.3 Å². The fraction of sp³-hybridized carbons (Fsp3) is 0.500. The van der Waals surface area contributed by atoms with Gasteiger partial charge in [0, 0.05) is 37.8 Å². The van der Waals surface area contributed by atoms with Crippen LogP contribution in [-0.2, 0) is 11.2 Å². The number of aryl methyl sites for hydroxylation is 1. The van der Waals surface area contributed by atoms with Gasteiger partial charge >= 0.3 is 0 Å². The van der Waals surface area contributed by atoms with Crippen LogP contribution in [0, 0.1) is 5.92 Å². The Labute approximate surface area is 164 Å². The highest BCUT2D eigenvalue weighted by molar-refractivity contribution is 5.92. The number of amides is 1. The van der Waals surface area contributed by atoms with E-state index in [1.54, 1.807) is 0 Å². The third-order valence-electron chi connectivity index (χ3n) is 6.09. The lowest BCUT2D eigenvalue weighted by molar-refractivity contribution is -0.120. The van der Waals surface area contributed by atoms with Crippen LogP contribution in [0.1, 0.15) is 38.2 Å². The first-order chi connectivity index (χ1) is 13.6. The molecule has 0 atom stereocenters. The third kappa shape index (κ3) is 3.43. The monoisotopic (exact) mass is 381 g/mol. The van der Waals surface area contributed by atoms with E-state index in [9.17, 15) is 14.4 Å². The van der Waals surface area contributed by atoms with E-state index in [1.165, 1.54) is 5.56 Å². The van der Waals surface area contributed by atoms with Gasteiger partial charge in [-0.15, -0.1) is 0 Å². The number of hydrogen-bond donors (Lipinski definition) is 1. The number of nitrogens with one attached hydrogen (secondary N) is 1. The molecular formula is C22H27N3O3. The van der Waals surface area contributed by atoms with Gasteiger partial charge in [0.15, 0.2) is 0 Å². The summed E-state index contributed by atoms with van der Waals surface area (Å²) >= 11 is 0. The Morgan fingerprint density at radius 2 is 1.46 bits per heavy atom. The molecule has 0 radical (unpaired) electrons. The van der Waals surface area contributed by atoms with Crippen molar-refractivity contribution < 1.29 is 4.79 Å². The predicted molar refractivity (Wildman–Crippen MR) is 112 cm³/mol. The first kappa shape index (κ1) is 18.7. The first-order valence-corrected chi connectivity index (χ1v) is 10.3. The second-order valence-corrected chi connectivity index (χ2v) is 7.85. The van der Waals surface area contributed by atoms with Crippen LogP contribution in [0.15, 0.2) is 33.9 Å². The summed E-state index contributed by atoms with van der Waals surface area (Å²) in [7, 11) is 0. The molecule has 0 unspecified atom stereocenters. The Bertz CT molecular complexity index is 914. The smallest absolute Gasteiger partial charge is 0.253 e. The van der Waals surface area contributed by atoms with Gasteiger partial charge in [0.25, 0.3) is 10.9 Å². The molecule has 148 valence electrons.